The van der Waals surface area contributed by atoms with Crippen molar-refractivity contribution >= 4 is 56.7 Å². The Labute approximate surface area is 149 Å². The van der Waals surface area contributed by atoms with Crippen LogP contribution in [0.25, 0.3) is 0 Å². The summed E-state index contributed by atoms with van der Waals surface area (Å²) >= 11 is 6.97. The van der Waals surface area contributed by atoms with E-state index in [1.165, 1.54) is 0 Å². The molecule has 0 aliphatic carbocycles. The van der Waals surface area contributed by atoms with Crippen molar-refractivity contribution < 1.29 is 5.11 Å². The van der Waals surface area contributed by atoms with Crippen LogP contribution in [0.5, 0.6) is 5.75 Å². The Kier molecular flexibility index (Phi) is 9.72. The molecule has 1 aliphatic heterocycles. The lowest BCUT2D eigenvalue weighted by atomic mass is 10.0. The maximum Gasteiger partial charge on any atom is 0.122 e. The van der Waals surface area contributed by atoms with Gasteiger partial charge in [0, 0.05) is 46.7 Å². The van der Waals surface area contributed by atoms with Crippen LogP contribution < -0.4 is 5.32 Å². The van der Waals surface area contributed by atoms with E-state index in [9.17, 15) is 5.11 Å². The first kappa shape index (κ1) is 20.5. The summed E-state index contributed by atoms with van der Waals surface area (Å²) in [6.45, 7) is 6.26. The molecule has 1 atom stereocenters. The van der Waals surface area contributed by atoms with Gasteiger partial charge in [-0.15, -0.1) is 24.8 Å². The summed E-state index contributed by atoms with van der Waals surface area (Å²) in [5, 5.41) is 13.6. The number of phenols is 1. The van der Waals surface area contributed by atoms with Crippen LogP contribution in [-0.4, -0.2) is 36.2 Å². The summed E-state index contributed by atoms with van der Waals surface area (Å²) in [6, 6.07) is 4.04. The smallest absolute Gasteiger partial charge is 0.122 e. The van der Waals surface area contributed by atoms with Gasteiger partial charge in [-0.2, -0.15) is 0 Å². The Morgan fingerprint density at radius 3 is 2.35 bits per heavy atom. The topological polar surface area (TPSA) is 35.5 Å². The van der Waals surface area contributed by atoms with Gasteiger partial charge in [0.15, 0.2) is 0 Å². The third-order valence-electron chi connectivity index (χ3n) is 3.38. The lowest BCUT2D eigenvalue weighted by Gasteiger charge is -2.35. The normalized spacial score (nSPS) is 16.9. The summed E-state index contributed by atoms with van der Waals surface area (Å²) < 4.78 is 1.87. The predicted molar refractivity (Wildman–Crippen MR) is 95.5 cm³/mol. The average Bonchev–Trinajstić information content (AvgIpc) is 2.34. The van der Waals surface area contributed by atoms with Gasteiger partial charge in [-0.1, -0.05) is 38.8 Å². The van der Waals surface area contributed by atoms with Gasteiger partial charge in [-0.25, -0.2) is 0 Å². The molecule has 2 N–H and O–H groups in total. The second kappa shape index (κ2) is 9.49. The zero-order valence-corrected chi connectivity index (χ0v) is 16.0. The fourth-order valence-electron chi connectivity index (χ4n) is 2.54. The maximum absolute atomic E-state index is 10.2. The van der Waals surface area contributed by atoms with Crippen LogP contribution in [0.1, 0.15) is 24.9 Å². The molecule has 1 aromatic rings. The number of hydrogen-bond acceptors (Lipinski definition) is 3. The predicted octanol–water partition coefficient (Wildman–Crippen LogP) is 4.12. The Bertz CT molecular complexity index is 406. The quantitative estimate of drug-likeness (QED) is 0.727. The van der Waals surface area contributed by atoms with Gasteiger partial charge in [0.1, 0.15) is 5.75 Å². The fourth-order valence-corrected chi connectivity index (χ4v) is 4.01. The minimum Gasteiger partial charge on any atom is -0.508 e. The molecule has 116 valence electrons. The standard InChI is InChI=1S/C13H18Br2N2O.2ClH/c1-2-11(17-5-3-16-4-6-17)13-10(15)7-9(14)8-12(13)18;;/h7-8,11,16,18H,2-6H2,1H3;2*1H/t11-;;/m0../s1. The summed E-state index contributed by atoms with van der Waals surface area (Å²) in [4.78, 5) is 2.43. The number of halogens is 4. The molecule has 0 amide bonds. The minimum absolute atomic E-state index is 0. The highest BCUT2D eigenvalue weighted by Gasteiger charge is 2.25. The summed E-state index contributed by atoms with van der Waals surface area (Å²) in [5.41, 5.74) is 1.00. The van der Waals surface area contributed by atoms with Crippen LogP contribution in [0, 0.1) is 0 Å². The number of hydrogen-bond donors (Lipinski definition) is 2. The zero-order valence-electron chi connectivity index (χ0n) is 11.2. The van der Waals surface area contributed by atoms with Gasteiger partial charge in [0.05, 0.1) is 0 Å². The molecule has 7 heteroatoms. The number of nitrogens with zero attached hydrogens (tertiary/aromatic N) is 1. The summed E-state index contributed by atoms with van der Waals surface area (Å²) in [5.74, 6) is 0.363. The number of phenolic OH excluding ortho intramolecular Hbond substituents is 1. The van der Waals surface area contributed by atoms with Crippen LogP contribution >= 0.6 is 56.7 Å². The largest absolute Gasteiger partial charge is 0.508 e. The Morgan fingerprint density at radius 1 is 1.25 bits per heavy atom. The molecule has 1 aliphatic rings. The Morgan fingerprint density at radius 2 is 1.85 bits per heavy atom. The number of piperazine rings is 1. The Hall–Kier alpha value is 0.480. The monoisotopic (exact) mass is 448 g/mol. The number of rotatable bonds is 3. The second-order valence-electron chi connectivity index (χ2n) is 4.53. The van der Waals surface area contributed by atoms with E-state index in [0.717, 1.165) is 47.1 Å². The molecule has 1 heterocycles. The highest BCUT2D eigenvalue weighted by molar-refractivity contribution is 9.11. The van der Waals surface area contributed by atoms with E-state index in [4.69, 9.17) is 0 Å². The highest BCUT2D eigenvalue weighted by Crippen LogP contribution is 2.39. The lowest BCUT2D eigenvalue weighted by Crippen LogP contribution is -2.45. The van der Waals surface area contributed by atoms with E-state index in [1.54, 1.807) is 6.07 Å². The molecule has 0 spiro atoms. The molecule has 0 saturated carbocycles. The van der Waals surface area contributed by atoms with Gasteiger partial charge >= 0.3 is 0 Å². The van der Waals surface area contributed by atoms with Crippen LogP contribution in [0.3, 0.4) is 0 Å². The highest BCUT2D eigenvalue weighted by atomic mass is 79.9. The van der Waals surface area contributed by atoms with Crippen LogP contribution in [0.15, 0.2) is 21.1 Å². The van der Waals surface area contributed by atoms with Crippen molar-refractivity contribution in [1.82, 2.24) is 10.2 Å². The first-order valence-corrected chi connectivity index (χ1v) is 7.84. The van der Waals surface area contributed by atoms with Gasteiger partial charge < -0.3 is 10.4 Å². The molecule has 1 aromatic carbocycles. The van der Waals surface area contributed by atoms with Crippen LogP contribution in [0.4, 0.5) is 0 Å². The van der Waals surface area contributed by atoms with E-state index in [0.29, 0.717) is 5.75 Å². The summed E-state index contributed by atoms with van der Waals surface area (Å²) in [6.07, 6.45) is 0.994. The van der Waals surface area contributed by atoms with E-state index >= 15 is 0 Å². The average molecular weight is 451 g/mol. The molecular formula is C13H20Br2Cl2N2O. The maximum atomic E-state index is 10.2. The fraction of sp³-hybridized carbons (Fsp3) is 0.538. The van der Waals surface area contributed by atoms with Crippen LogP contribution in [-0.2, 0) is 0 Å². The lowest BCUT2D eigenvalue weighted by molar-refractivity contribution is 0.166. The molecule has 1 saturated heterocycles. The first-order chi connectivity index (χ1) is 8.63. The zero-order chi connectivity index (χ0) is 13.1. The van der Waals surface area contributed by atoms with Crippen molar-refractivity contribution in [3.8, 4) is 5.75 Å². The molecule has 3 nitrogen and oxygen atoms in total. The molecule has 0 radical (unpaired) electrons. The molecule has 20 heavy (non-hydrogen) atoms. The van der Waals surface area contributed by atoms with Crippen molar-refractivity contribution in [1.29, 1.82) is 0 Å². The number of nitrogens with one attached hydrogen (secondary N) is 1. The SMILES string of the molecule is CC[C@@H](c1c(O)cc(Br)cc1Br)N1CCNCC1.Cl.Cl. The van der Waals surface area contributed by atoms with E-state index in [1.807, 2.05) is 6.07 Å². The first-order valence-electron chi connectivity index (χ1n) is 6.26. The Balaban J connectivity index is 0.00000180. The van der Waals surface area contributed by atoms with Crippen molar-refractivity contribution in [3.05, 3.63) is 26.6 Å². The van der Waals surface area contributed by atoms with Crippen LogP contribution in [0.2, 0.25) is 0 Å². The third kappa shape index (κ3) is 4.75. The minimum atomic E-state index is 0. The molecule has 0 bridgehead atoms. The molecule has 0 aromatic heterocycles. The molecular weight excluding hydrogens is 431 g/mol. The van der Waals surface area contributed by atoms with Crippen molar-refractivity contribution in [2.24, 2.45) is 0 Å². The van der Waals surface area contributed by atoms with E-state index in [-0.39, 0.29) is 30.9 Å². The van der Waals surface area contributed by atoms with Gasteiger partial charge in [0.2, 0.25) is 0 Å². The van der Waals surface area contributed by atoms with Gasteiger partial charge in [0.25, 0.3) is 0 Å². The third-order valence-corrected chi connectivity index (χ3v) is 4.50. The number of aromatic hydroxyl groups is 1. The summed E-state index contributed by atoms with van der Waals surface area (Å²) in [7, 11) is 0. The van der Waals surface area contributed by atoms with Gasteiger partial charge in [-0.3, -0.25) is 4.90 Å². The second-order valence-corrected chi connectivity index (χ2v) is 6.30. The van der Waals surface area contributed by atoms with Crippen molar-refractivity contribution in [2.75, 3.05) is 26.2 Å². The molecule has 2 rings (SSSR count). The van der Waals surface area contributed by atoms with Gasteiger partial charge in [-0.05, 0) is 18.6 Å². The molecule has 0 unspecified atom stereocenters. The molecule has 1 fully saturated rings. The van der Waals surface area contributed by atoms with E-state index < -0.39 is 0 Å². The van der Waals surface area contributed by atoms with E-state index in [2.05, 4.69) is 49.0 Å². The van der Waals surface area contributed by atoms with Crippen molar-refractivity contribution in [2.45, 2.75) is 19.4 Å². The number of benzene rings is 1. The van der Waals surface area contributed by atoms with Crippen molar-refractivity contribution in [3.63, 3.8) is 0 Å².